The van der Waals surface area contributed by atoms with Crippen molar-refractivity contribution in [2.45, 2.75) is 25.3 Å². The normalized spacial score (nSPS) is 21.9. The van der Waals surface area contributed by atoms with E-state index in [9.17, 15) is 13.6 Å². The maximum absolute atomic E-state index is 13.2. The van der Waals surface area contributed by atoms with Crippen LogP contribution in [-0.4, -0.2) is 30.4 Å². The van der Waals surface area contributed by atoms with E-state index in [1.165, 1.54) is 6.07 Å². The van der Waals surface area contributed by atoms with Gasteiger partial charge >= 0.3 is 0 Å². The lowest BCUT2D eigenvalue weighted by Gasteiger charge is -2.23. The van der Waals surface area contributed by atoms with E-state index in [0.717, 1.165) is 6.07 Å². The number of nitrogens with two attached hydrogens (primary N) is 1. The monoisotopic (exact) mass is 304 g/mol. The molecule has 20 heavy (non-hydrogen) atoms. The van der Waals surface area contributed by atoms with Crippen molar-refractivity contribution >= 4 is 18.3 Å². The van der Waals surface area contributed by atoms with Gasteiger partial charge in [0.05, 0.1) is 0 Å². The molecule has 1 aliphatic rings. The van der Waals surface area contributed by atoms with Crippen molar-refractivity contribution in [3.8, 4) is 0 Å². The van der Waals surface area contributed by atoms with Crippen LogP contribution in [0, 0.1) is 17.6 Å². The molecular weight excluding hydrogens is 286 g/mol. The number of rotatable bonds is 4. The fourth-order valence-electron chi connectivity index (χ4n) is 2.22. The van der Waals surface area contributed by atoms with Gasteiger partial charge in [-0.15, -0.1) is 12.4 Å². The fourth-order valence-corrected chi connectivity index (χ4v) is 2.22. The SMILES string of the molecule is CC(CN)N(C)C(=O)C1CC1c1ccc(F)c(F)c1.Cl. The molecule has 1 aromatic carbocycles. The number of halogens is 3. The molecule has 1 aromatic rings. The molecule has 0 heterocycles. The van der Waals surface area contributed by atoms with Crippen molar-refractivity contribution in [2.75, 3.05) is 13.6 Å². The average molecular weight is 305 g/mol. The van der Waals surface area contributed by atoms with Gasteiger partial charge in [-0.25, -0.2) is 8.78 Å². The molecule has 3 nitrogen and oxygen atoms in total. The summed E-state index contributed by atoms with van der Waals surface area (Å²) in [6, 6.07) is 3.82. The van der Waals surface area contributed by atoms with Crippen molar-refractivity contribution in [3.63, 3.8) is 0 Å². The van der Waals surface area contributed by atoms with E-state index in [-0.39, 0.29) is 36.2 Å². The Balaban J connectivity index is 0.00000200. The minimum Gasteiger partial charge on any atom is -0.342 e. The number of amides is 1. The van der Waals surface area contributed by atoms with Crippen molar-refractivity contribution < 1.29 is 13.6 Å². The highest BCUT2D eigenvalue weighted by atomic mass is 35.5. The summed E-state index contributed by atoms with van der Waals surface area (Å²) in [4.78, 5) is 13.8. The first-order chi connectivity index (χ1) is 8.95. The molecule has 0 aliphatic heterocycles. The average Bonchev–Trinajstić information content (AvgIpc) is 3.19. The Bertz CT molecular complexity index is 498. The summed E-state index contributed by atoms with van der Waals surface area (Å²) >= 11 is 0. The third kappa shape index (κ3) is 3.27. The van der Waals surface area contributed by atoms with Gasteiger partial charge < -0.3 is 10.6 Å². The van der Waals surface area contributed by atoms with E-state index in [0.29, 0.717) is 18.5 Å². The summed E-state index contributed by atoms with van der Waals surface area (Å²) in [7, 11) is 1.72. The molecule has 6 heteroatoms. The topological polar surface area (TPSA) is 46.3 Å². The number of hydrogen-bond acceptors (Lipinski definition) is 2. The van der Waals surface area contributed by atoms with Gasteiger partial charge in [-0.05, 0) is 37.0 Å². The zero-order chi connectivity index (χ0) is 14.2. The first-order valence-electron chi connectivity index (χ1n) is 6.37. The van der Waals surface area contributed by atoms with Gasteiger partial charge in [-0.1, -0.05) is 6.07 Å². The van der Waals surface area contributed by atoms with Crippen molar-refractivity contribution in [3.05, 3.63) is 35.4 Å². The van der Waals surface area contributed by atoms with Crippen LogP contribution in [0.25, 0.3) is 0 Å². The Morgan fingerprint density at radius 3 is 2.65 bits per heavy atom. The highest BCUT2D eigenvalue weighted by Gasteiger charge is 2.45. The summed E-state index contributed by atoms with van der Waals surface area (Å²) < 4.78 is 26.0. The van der Waals surface area contributed by atoms with Gasteiger partial charge in [-0.3, -0.25) is 4.79 Å². The van der Waals surface area contributed by atoms with Crippen LogP contribution in [0.15, 0.2) is 18.2 Å². The maximum Gasteiger partial charge on any atom is 0.226 e. The third-order valence-electron chi connectivity index (χ3n) is 3.83. The van der Waals surface area contributed by atoms with Gasteiger partial charge in [0, 0.05) is 25.6 Å². The zero-order valence-electron chi connectivity index (χ0n) is 11.5. The van der Waals surface area contributed by atoms with Gasteiger partial charge in [-0.2, -0.15) is 0 Å². The fraction of sp³-hybridized carbons (Fsp3) is 0.500. The molecule has 0 spiro atoms. The van der Waals surface area contributed by atoms with Crippen LogP contribution in [0.5, 0.6) is 0 Å². The Labute approximate surface area is 123 Å². The molecule has 3 unspecified atom stereocenters. The second kappa shape index (κ2) is 6.50. The highest BCUT2D eigenvalue weighted by molar-refractivity contribution is 5.85. The lowest BCUT2D eigenvalue weighted by atomic mass is 10.1. The first kappa shape index (κ1) is 16.9. The smallest absolute Gasteiger partial charge is 0.226 e. The molecule has 1 aliphatic carbocycles. The Morgan fingerprint density at radius 2 is 2.10 bits per heavy atom. The Hall–Kier alpha value is -1.20. The summed E-state index contributed by atoms with van der Waals surface area (Å²) in [6.45, 7) is 2.29. The minimum atomic E-state index is -0.862. The molecule has 1 saturated carbocycles. The standard InChI is InChI=1S/C14H18F2N2O.ClH/c1-8(7-17)18(2)14(19)11-6-10(11)9-3-4-12(15)13(16)5-9;/h3-5,8,10-11H,6-7,17H2,1-2H3;1H. The highest BCUT2D eigenvalue weighted by Crippen LogP contribution is 2.48. The Morgan fingerprint density at radius 1 is 1.45 bits per heavy atom. The predicted molar refractivity (Wildman–Crippen MR) is 75.7 cm³/mol. The maximum atomic E-state index is 13.2. The van der Waals surface area contributed by atoms with Gasteiger partial charge in [0.15, 0.2) is 11.6 Å². The van der Waals surface area contributed by atoms with E-state index in [1.54, 1.807) is 18.0 Å². The number of nitrogens with zero attached hydrogens (tertiary/aromatic N) is 1. The van der Waals surface area contributed by atoms with Crippen LogP contribution in [0.2, 0.25) is 0 Å². The largest absolute Gasteiger partial charge is 0.342 e. The molecule has 1 fully saturated rings. The summed E-state index contributed by atoms with van der Waals surface area (Å²) in [6.07, 6.45) is 0.686. The van der Waals surface area contributed by atoms with Crippen molar-refractivity contribution in [2.24, 2.45) is 11.7 Å². The second-order valence-electron chi connectivity index (χ2n) is 5.16. The minimum absolute atomic E-state index is 0. The number of carbonyl (C=O) groups is 1. The van der Waals surface area contributed by atoms with Crippen LogP contribution >= 0.6 is 12.4 Å². The second-order valence-corrected chi connectivity index (χ2v) is 5.16. The number of likely N-dealkylation sites (N-methyl/N-ethyl adjacent to an activating group) is 1. The van der Waals surface area contributed by atoms with Crippen molar-refractivity contribution in [1.82, 2.24) is 4.90 Å². The van der Waals surface area contributed by atoms with Gasteiger partial charge in [0.25, 0.3) is 0 Å². The lowest BCUT2D eigenvalue weighted by molar-refractivity contribution is -0.133. The molecule has 0 saturated heterocycles. The summed E-state index contributed by atoms with van der Waals surface area (Å²) in [5.41, 5.74) is 6.21. The van der Waals surface area contributed by atoms with Crippen LogP contribution in [0.4, 0.5) is 8.78 Å². The van der Waals surface area contributed by atoms with Gasteiger partial charge in [0.2, 0.25) is 5.91 Å². The molecule has 0 bridgehead atoms. The van der Waals surface area contributed by atoms with Crippen LogP contribution in [0.3, 0.4) is 0 Å². The van der Waals surface area contributed by atoms with E-state index in [4.69, 9.17) is 5.73 Å². The molecule has 0 aromatic heterocycles. The molecule has 2 rings (SSSR count). The van der Waals surface area contributed by atoms with E-state index >= 15 is 0 Å². The van der Waals surface area contributed by atoms with E-state index in [2.05, 4.69) is 0 Å². The summed E-state index contributed by atoms with van der Waals surface area (Å²) in [5.74, 6) is -1.84. The molecule has 112 valence electrons. The quantitative estimate of drug-likeness (QED) is 0.928. The molecule has 2 N–H and O–H groups in total. The predicted octanol–water partition coefficient (Wildman–Crippen LogP) is 2.30. The van der Waals surface area contributed by atoms with E-state index in [1.807, 2.05) is 6.92 Å². The van der Waals surface area contributed by atoms with Crippen LogP contribution in [0.1, 0.15) is 24.8 Å². The van der Waals surface area contributed by atoms with E-state index < -0.39 is 11.6 Å². The molecule has 3 atom stereocenters. The first-order valence-corrected chi connectivity index (χ1v) is 6.37. The van der Waals surface area contributed by atoms with Crippen LogP contribution < -0.4 is 5.73 Å². The lowest BCUT2D eigenvalue weighted by Crippen LogP contribution is -2.40. The van der Waals surface area contributed by atoms with Gasteiger partial charge in [0.1, 0.15) is 0 Å². The number of carbonyl (C=O) groups excluding carboxylic acids is 1. The number of benzene rings is 1. The number of hydrogen-bond donors (Lipinski definition) is 1. The third-order valence-corrected chi connectivity index (χ3v) is 3.83. The zero-order valence-corrected chi connectivity index (χ0v) is 12.3. The molecular formula is C14H19ClF2N2O. The summed E-state index contributed by atoms with van der Waals surface area (Å²) in [5, 5.41) is 0. The Kier molecular flexibility index (Phi) is 5.48. The molecule has 1 amide bonds. The molecule has 0 radical (unpaired) electrons. The van der Waals surface area contributed by atoms with Crippen LogP contribution in [-0.2, 0) is 4.79 Å². The van der Waals surface area contributed by atoms with Crippen molar-refractivity contribution in [1.29, 1.82) is 0 Å².